The van der Waals surface area contributed by atoms with Crippen LogP contribution in [0.4, 0.5) is 0 Å². The number of unbranched alkanes of at least 4 members (excludes halogenated alkanes) is 3. The fourth-order valence-corrected chi connectivity index (χ4v) is 1.73. The molecule has 0 heterocycles. The highest BCUT2D eigenvalue weighted by Gasteiger charge is 1.88. The summed E-state index contributed by atoms with van der Waals surface area (Å²) < 4.78 is 0.366. The summed E-state index contributed by atoms with van der Waals surface area (Å²) in [5.41, 5.74) is 0. The Balaban J connectivity index is 2.97. The van der Waals surface area contributed by atoms with Crippen LogP contribution >= 0.6 is 35.0 Å². The maximum absolute atomic E-state index is 5.42. The van der Waals surface area contributed by atoms with Crippen LogP contribution in [0.25, 0.3) is 0 Å². The molecule has 0 aromatic carbocycles. The SMILES string of the molecule is CCCCCCSC=C(Cl)Cl. The van der Waals surface area contributed by atoms with Crippen molar-refractivity contribution in [2.24, 2.45) is 0 Å². The first-order valence-electron chi connectivity index (χ1n) is 3.90. The number of thioether (sulfide) groups is 1. The Bertz CT molecular complexity index is 109. The average Bonchev–Trinajstić information content (AvgIpc) is 1.96. The van der Waals surface area contributed by atoms with Gasteiger partial charge in [0.2, 0.25) is 0 Å². The van der Waals surface area contributed by atoms with Crippen molar-refractivity contribution in [3.8, 4) is 0 Å². The monoisotopic (exact) mass is 212 g/mol. The Labute approximate surface area is 83.3 Å². The van der Waals surface area contributed by atoms with Gasteiger partial charge in [0.05, 0.1) is 0 Å². The number of rotatable bonds is 6. The quantitative estimate of drug-likeness (QED) is 0.582. The van der Waals surface area contributed by atoms with Crippen molar-refractivity contribution in [1.29, 1.82) is 0 Å². The van der Waals surface area contributed by atoms with E-state index in [4.69, 9.17) is 23.2 Å². The van der Waals surface area contributed by atoms with Crippen LogP contribution in [-0.4, -0.2) is 5.75 Å². The van der Waals surface area contributed by atoms with Gasteiger partial charge in [0, 0.05) is 5.41 Å². The third-order valence-corrected chi connectivity index (χ3v) is 2.69. The molecule has 0 saturated carbocycles. The molecule has 0 radical (unpaired) electrons. The second-order valence-corrected chi connectivity index (χ2v) is 4.32. The van der Waals surface area contributed by atoms with Gasteiger partial charge in [0.15, 0.2) is 0 Å². The molecule has 0 aliphatic heterocycles. The van der Waals surface area contributed by atoms with Crippen molar-refractivity contribution in [3.63, 3.8) is 0 Å². The third-order valence-electron chi connectivity index (χ3n) is 1.29. The van der Waals surface area contributed by atoms with Crippen LogP contribution in [0.5, 0.6) is 0 Å². The molecule has 0 nitrogen and oxygen atoms in total. The minimum Gasteiger partial charge on any atom is -0.132 e. The number of halogens is 2. The molecule has 0 aromatic heterocycles. The molecular weight excluding hydrogens is 199 g/mol. The second kappa shape index (κ2) is 8.76. The Morgan fingerprint density at radius 2 is 2.00 bits per heavy atom. The first-order chi connectivity index (χ1) is 5.27. The van der Waals surface area contributed by atoms with E-state index >= 15 is 0 Å². The van der Waals surface area contributed by atoms with E-state index in [0.717, 1.165) is 5.75 Å². The van der Waals surface area contributed by atoms with Crippen molar-refractivity contribution in [3.05, 3.63) is 9.90 Å². The molecule has 0 unspecified atom stereocenters. The first kappa shape index (κ1) is 11.7. The van der Waals surface area contributed by atoms with Crippen molar-refractivity contribution < 1.29 is 0 Å². The lowest BCUT2D eigenvalue weighted by Gasteiger charge is -1.95. The molecule has 0 bridgehead atoms. The first-order valence-corrected chi connectivity index (χ1v) is 5.70. The zero-order chi connectivity index (χ0) is 8.53. The van der Waals surface area contributed by atoms with Crippen LogP contribution in [0, 0.1) is 0 Å². The molecule has 0 N–H and O–H groups in total. The second-order valence-electron chi connectivity index (χ2n) is 2.34. The summed E-state index contributed by atoms with van der Waals surface area (Å²) in [4.78, 5) is 0. The molecule has 0 spiro atoms. The summed E-state index contributed by atoms with van der Waals surface area (Å²) in [7, 11) is 0. The Morgan fingerprint density at radius 1 is 1.27 bits per heavy atom. The summed E-state index contributed by atoms with van der Waals surface area (Å²) in [5.74, 6) is 1.13. The molecule has 11 heavy (non-hydrogen) atoms. The van der Waals surface area contributed by atoms with E-state index in [1.54, 1.807) is 17.2 Å². The van der Waals surface area contributed by atoms with E-state index in [9.17, 15) is 0 Å². The van der Waals surface area contributed by atoms with E-state index < -0.39 is 0 Å². The predicted octanol–water partition coefficient (Wildman–Crippen LogP) is 4.58. The molecule has 0 amide bonds. The van der Waals surface area contributed by atoms with Gasteiger partial charge in [-0.05, 0) is 12.2 Å². The van der Waals surface area contributed by atoms with Crippen molar-refractivity contribution in [1.82, 2.24) is 0 Å². The highest BCUT2D eigenvalue weighted by Crippen LogP contribution is 2.15. The smallest absolute Gasteiger partial charge is 0.113 e. The molecule has 0 aliphatic rings. The van der Waals surface area contributed by atoms with E-state index in [2.05, 4.69) is 6.92 Å². The highest BCUT2D eigenvalue weighted by molar-refractivity contribution is 8.02. The minimum atomic E-state index is 0.366. The predicted molar refractivity (Wildman–Crippen MR) is 56.4 cm³/mol. The van der Waals surface area contributed by atoms with Crippen LogP contribution in [0.1, 0.15) is 32.6 Å². The number of hydrogen-bond acceptors (Lipinski definition) is 1. The molecule has 0 saturated heterocycles. The largest absolute Gasteiger partial charge is 0.132 e. The number of hydrogen-bond donors (Lipinski definition) is 0. The van der Waals surface area contributed by atoms with Crippen LogP contribution in [-0.2, 0) is 0 Å². The van der Waals surface area contributed by atoms with Gasteiger partial charge in [-0.2, -0.15) is 0 Å². The molecule has 0 rings (SSSR count). The molecule has 0 atom stereocenters. The Morgan fingerprint density at radius 3 is 2.55 bits per heavy atom. The van der Waals surface area contributed by atoms with E-state index in [1.807, 2.05) is 0 Å². The fourth-order valence-electron chi connectivity index (χ4n) is 0.734. The molecule has 0 aliphatic carbocycles. The van der Waals surface area contributed by atoms with E-state index in [1.165, 1.54) is 25.7 Å². The minimum absolute atomic E-state index is 0.366. The normalized spacial score (nSPS) is 9.73. The summed E-state index contributed by atoms with van der Waals surface area (Å²) in [6, 6.07) is 0. The molecule has 0 fully saturated rings. The van der Waals surface area contributed by atoms with Crippen molar-refractivity contribution in [2.45, 2.75) is 32.6 Å². The Hall–Kier alpha value is 0.670. The van der Waals surface area contributed by atoms with Crippen LogP contribution in [0.3, 0.4) is 0 Å². The van der Waals surface area contributed by atoms with Crippen LogP contribution in [0.15, 0.2) is 9.90 Å². The lowest BCUT2D eigenvalue weighted by Crippen LogP contribution is -1.77. The van der Waals surface area contributed by atoms with Gasteiger partial charge in [0.1, 0.15) is 4.49 Å². The van der Waals surface area contributed by atoms with Crippen LogP contribution in [0.2, 0.25) is 0 Å². The maximum atomic E-state index is 5.42. The summed E-state index contributed by atoms with van der Waals surface area (Å²) in [5, 5.41) is 1.79. The van der Waals surface area contributed by atoms with Gasteiger partial charge in [0.25, 0.3) is 0 Å². The Kier molecular flexibility index (Phi) is 9.30. The van der Waals surface area contributed by atoms with Gasteiger partial charge < -0.3 is 0 Å². The molecule has 0 aromatic rings. The lowest BCUT2D eigenvalue weighted by atomic mass is 10.2. The van der Waals surface area contributed by atoms with Gasteiger partial charge >= 0.3 is 0 Å². The zero-order valence-electron chi connectivity index (χ0n) is 6.78. The van der Waals surface area contributed by atoms with Gasteiger partial charge in [-0.15, -0.1) is 11.8 Å². The molecule has 3 heteroatoms. The van der Waals surface area contributed by atoms with Crippen molar-refractivity contribution in [2.75, 3.05) is 5.75 Å². The molecular formula is C8H14Cl2S. The topological polar surface area (TPSA) is 0 Å². The van der Waals surface area contributed by atoms with E-state index in [-0.39, 0.29) is 0 Å². The average molecular weight is 213 g/mol. The van der Waals surface area contributed by atoms with Gasteiger partial charge in [-0.25, -0.2) is 0 Å². The van der Waals surface area contributed by atoms with Crippen molar-refractivity contribution >= 4 is 35.0 Å². The highest BCUT2D eigenvalue weighted by atomic mass is 35.5. The third kappa shape index (κ3) is 10.7. The summed E-state index contributed by atoms with van der Waals surface area (Å²) >= 11 is 12.5. The summed E-state index contributed by atoms with van der Waals surface area (Å²) in [6.45, 7) is 2.21. The van der Waals surface area contributed by atoms with Gasteiger partial charge in [-0.1, -0.05) is 49.4 Å². The molecule has 66 valence electrons. The lowest BCUT2D eigenvalue weighted by molar-refractivity contribution is 0.707. The van der Waals surface area contributed by atoms with E-state index in [0.29, 0.717) is 4.49 Å². The summed E-state index contributed by atoms with van der Waals surface area (Å²) in [6.07, 6.45) is 5.20. The fraction of sp³-hybridized carbons (Fsp3) is 0.750. The zero-order valence-corrected chi connectivity index (χ0v) is 9.11. The standard InChI is InChI=1S/C8H14Cl2S/c1-2-3-4-5-6-11-7-8(9)10/h7H,2-6H2,1H3. The van der Waals surface area contributed by atoms with Crippen LogP contribution < -0.4 is 0 Å². The maximum Gasteiger partial charge on any atom is 0.113 e. The van der Waals surface area contributed by atoms with Gasteiger partial charge in [-0.3, -0.25) is 0 Å².